The van der Waals surface area contributed by atoms with Gasteiger partial charge in [-0.2, -0.15) is 0 Å². The van der Waals surface area contributed by atoms with Gasteiger partial charge in [0.25, 0.3) is 0 Å². The molecule has 1 aliphatic rings. The molecule has 9 heteroatoms. The standard InChI is InChI=1S/C29H32N6O3/c1-29(2,3)38-28(36)35-15-14-34(19-22(35)16-20-8-6-5-7-9-20)27-25-23(17-31-18-24(25)37-4)32-26(33-27)21-10-12-30-13-11-21/h5-13,17-18,22H,14-16,19H2,1-4H3/t22-/m1/s1. The monoisotopic (exact) mass is 512 g/mol. The van der Waals surface area contributed by atoms with E-state index in [4.69, 9.17) is 19.4 Å². The van der Waals surface area contributed by atoms with Gasteiger partial charge in [-0.05, 0) is 44.9 Å². The lowest BCUT2D eigenvalue weighted by atomic mass is 10.0. The molecule has 0 spiro atoms. The van der Waals surface area contributed by atoms with Crippen molar-refractivity contribution < 1.29 is 14.3 Å². The topological polar surface area (TPSA) is 93.6 Å². The molecular formula is C29H32N6O3. The summed E-state index contributed by atoms with van der Waals surface area (Å²) in [5, 5.41) is 0.796. The molecule has 0 aliphatic carbocycles. The highest BCUT2D eigenvalue weighted by Gasteiger charge is 2.35. The van der Waals surface area contributed by atoms with E-state index in [-0.39, 0.29) is 12.1 Å². The molecule has 0 bridgehead atoms. The normalized spacial score (nSPS) is 15.9. The van der Waals surface area contributed by atoms with Gasteiger partial charge in [-0.3, -0.25) is 9.97 Å². The minimum absolute atomic E-state index is 0.122. The number of hydrogen-bond acceptors (Lipinski definition) is 8. The third kappa shape index (κ3) is 5.51. The molecule has 5 rings (SSSR count). The Balaban J connectivity index is 1.56. The molecule has 1 amide bonds. The molecule has 3 aromatic heterocycles. The van der Waals surface area contributed by atoms with E-state index >= 15 is 0 Å². The molecule has 4 aromatic rings. The van der Waals surface area contributed by atoms with Gasteiger partial charge in [-0.15, -0.1) is 0 Å². The molecule has 0 unspecified atom stereocenters. The van der Waals surface area contributed by atoms with Crippen LogP contribution < -0.4 is 9.64 Å². The lowest BCUT2D eigenvalue weighted by molar-refractivity contribution is 0.0141. The van der Waals surface area contributed by atoms with Crippen molar-refractivity contribution in [2.24, 2.45) is 0 Å². The second kappa shape index (κ2) is 10.6. The smallest absolute Gasteiger partial charge is 0.410 e. The largest absolute Gasteiger partial charge is 0.494 e. The Bertz CT molecular complexity index is 1410. The minimum atomic E-state index is -0.575. The Morgan fingerprint density at radius 3 is 2.47 bits per heavy atom. The van der Waals surface area contributed by atoms with Gasteiger partial charge in [0.2, 0.25) is 0 Å². The SMILES string of the molecule is COc1cncc2nc(-c3ccncc3)nc(N3CCN(C(=O)OC(C)(C)C)[C@H](Cc4ccccc4)C3)c12. The number of amides is 1. The molecule has 0 N–H and O–H groups in total. The lowest BCUT2D eigenvalue weighted by Crippen LogP contribution is -2.57. The van der Waals surface area contributed by atoms with Crippen LogP contribution in [-0.4, -0.2) is 69.3 Å². The van der Waals surface area contributed by atoms with Crippen LogP contribution in [0.4, 0.5) is 10.6 Å². The number of anilines is 1. The van der Waals surface area contributed by atoms with E-state index in [2.05, 4.69) is 27.0 Å². The van der Waals surface area contributed by atoms with E-state index in [1.54, 1.807) is 31.9 Å². The second-order valence-electron chi connectivity index (χ2n) is 10.3. The summed E-state index contributed by atoms with van der Waals surface area (Å²) in [7, 11) is 1.62. The number of carbonyl (C=O) groups excluding carboxylic acids is 1. The third-order valence-electron chi connectivity index (χ3n) is 6.44. The molecule has 1 fully saturated rings. The highest BCUT2D eigenvalue weighted by Crippen LogP contribution is 2.35. The molecule has 0 radical (unpaired) electrons. The number of rotatable bonds is 5. The van der Waals surface area contributed by atoms with Crippen molar-refractivity contribution in [3.8, 4) is 17.1 Å². The summed E-state index contributed by atoms with van der Waals surface area (Å²) < 4.78 is 11.5. The highest BCUT2D eigenvalue weighted by atomic mass is 16.6. The Morgan fingerprint density at radius 1 is 1.00 bits per heavy atom. The van der Waals surface area contributed by atoms with Gasteiger partial charge >= 0.3 is 6.09 Å². The van der Waals surface area contributed by atoms with Gasteiger partial charge < -0.3 is 19.3 Å². The summed E-state index contributed by atoms with van der Waals surface area (Å²) in [6, 6.07) is 13.9. The molecule has 196 valence electrons. The zero-order valence-corrected chi connectivity index (χ0v) is 22.2. The number of fused-ring (bicyclic) bond motifs is 1. The Hall–Kier alpha value is -4.27. The van der Waals surface area contributed by atoms with E-state index in [9.17, 15) is 4.79 Å². The van der Waals surface area contributed by atoms with Crippen LogP contribution in [0.2, 0.25) is 0 Å². The van der Waals surface area contributed by atoms with Crippen molar-refractivity contribution in [1.82, 2.24) is 24.8 Å². The average Bonchev–Trinajstić information content (AvgIpc) is 2.92. The minimum Gasteiger partial charge on any atom is -0.494 e. The fourth-order valence-electron chi connectivity index (χ4n) is 4.72. The van der Waals surface area contributed by atoms with Crippen molar-refractivity contribution >= 4 is 22.8 Å². The number of hydrogen-bond donors (Lipinski definition) is 0. The van der Waals surface area contributed by atoms with Crippen LogP contribution in [0.1, 0.15) is 26.3 Å². The van der Waals surface area contributed by atoms with Crippen LogP contribution in [0.5, 0.6) is 5.75 Å². The van der Waals surface area contributed by atoms with Crippen molar-refractivity contribution in [2.45, 2.75) is 38.8 Å². The summed E-state index contributed by atoms with van der Waals surface area (Å²) in [5.74, 6) is 1.94. The molecule has 4 heterocycles. The number of benzene rings is 1. The van der Waals surface area contributed by atoms with Crippen LogP contribution in [0.25, 0.3) is 22.3 Å². The van der Waals surface area contributed by atoms with Gasteiger partial charge in [0, 0.05) is 37.6 Å². The first-order valence-electron chi connectivity index (χ1n) is 12.7. The number of aromatic nitrogens is 4. The lowest BCUT2D eigenvalue weighted by Gasteiger charge is -2.42. The van der Waals surface area contributed by atoms with Crippen molar-refractivity contribution in [3.05, 3.63) is 72.8 Å². The second-order valence-corrected chi connectivity index (χ2v) is 10.3. The van der Waals surface area contributed by atoms with Crippen LogP contribution in [0.15, 0.2) is 67.3 Å². The predicted molar refractivity (Wildman–Crippen MR) is 146 cm³/mol. The summed E-state index contributed by atoms with van der Waals surface area (Å²) in [6.45, 7) is 7.32. The van der Waals surface area contributed by atoms with Crippen LogP contribution in [0.3, 0.4) is 0 Å². The Labute approximate surface area is 222 Å². The first kappa shape index (κ1) is 25.4. The first-order valence-corrected chi connectivity index (χ1v) is 12.7. The van der Waals surface area contributed by atoms with Crippen molar-refractivity contribution in [1.29, 1.82) is 0 Å². The summed E-state index contributed by atoms with van der Waals surface area (Å²) >= 11 is 0. The van der Waals surface area contributed by atoms with E-state index in [0.717, 1.165) is 22.3 Å². The molecule has 1 aromatic carbocycles. The molecular weight excluding hydrogens is 480 g/mol. The number of ether oxygens (including phenoxy) is 2. The molecule has 0 saturated carbocycles. The van der Waals surface area contributed by atoms with E-state index in [1.165, 1.54) is 0 Å². The molecule has 1 atom stereocenters. The maximum absolute atomic E-state index is 13.2. The van der Waals surface area contributed by atoms with Crippen molar-refractivity contribution in [3.63, 3.8) is 0 Å². The van der Waals surface area contributed by atoms with Crippen molar-refractivity contribution in [2.75, 3.05) is 31.6 Å². The summed E-state index contributed by atoms with van der Waals surface area (Å²) in [5.41, 5.74) is 2.13. The summed E-state index contributed by atoms with van der Waals surface area (Å²) in [4.78, 5) is 35.6. The molecule has 1 aliphatic heterocycles. The highest BCUT2D eigenvalue weighted by molar-refractivity contribution is 5.95. The predicted octanol–water partition coefficient (Wildman–Crippen LogP) is 4.76. The Morgan fingerprint density at radius 2 is 1.76 bits per heavy atom. The first-order chi connectivity index (χ1) is 18.3. The maximum Gasteiger partial charge on any atom is 0.410 e. The molecule has 1 saturated heterocycles. The fourth-order valence-corrected chi connectivity index (χ4v) is 4.72. The number of pyridine rings is 2. The quantitative estimate of drug-likeness (QED) is 0.378. The number of carbonyl (C=O) groups is 1. The van der Waals surface area contributed by atoms with Gasteiger partial charge in [0.15, 0.2) is 5.82 Å². The molecule has 9 nitrogen and oxygen atoms in total. The van der Waals surface area contributed by atoms with Gasteiger partial charge in [0.05, 0.1) is 36.4 Å². The van der Waals surface area contributed by atoms with Gasteiger partial charge in [-0.25, -0.2) is 14.8 Å². The Kier molecular flexibility index (Phi) is 7.09. The van der Waals surface area contributed by atoms with Crippen LogP contribution >= 0.6 is 0 Å². The average molecular weight is 513 g/mol. The zero-order chi connectivity index (χ0) is 26.7. The van der Waals surface area contributed by atoms with E-state index in [1.807, 2.05) is 56.0 Å². The zero-order valence-electron chi connectivity index (χ0n) is 22.2. The number of piperazine rings is 1. The van der Waals surface area contributed by atoms with Gasteiger partial charge in [-0.1, -0.05) is 30.3 Å². The number of methoxy groups -OCH3 is 1. The summed E-state index contributed by atoms with van der Waals surface area (Å²) in [6.07, 6.45) is 7.25. The van der Waals surface area contributed by atoms with E-state index in [0.29, 0.717) is 43.1 Å². The van der Waals surface area contributed by atoms with Gasteiger partial charge in [0.1, 0.15) is 17.2 Å². The fraction of sp³-hybridized carbons (Fsp3) is 0.345. The van der Waals surface area contributed by atoms with Crippen LogP contribution in [-0.2, 0) is 11.2 Å². The van der Waals surface area contributed by atoms with E-state index < -0.39 is 5.60 Å². The maximum atomic E-state index is 13.2. The molecule has 38 heavy (non-hydrogen) atoms. The third-order valence-corrected chi connectivity index (χ3v) is 6.44. The number of nitrogens with zero attached hydrogens (tertiary/aromatic N) is 6. The van der Waals surface area contributed by atoms with Crippen LogP contribution in [0, 0.1) is 0 Å².